The van der Waals surface area contributed by atoms with Crippen LogP contribution in [0.3, 0.4) is 0 Å². The molecule has 0 rings (SSSR count). The van der Waals surface area contributed by atoms with E-state index in [1.807, 2.05) is 0 Å². The van der Waals surface area contributed by atoms with Crippen LogP contribution in [0.4, 0.5) is 0 Å². The van der Waals surface area contributed by atoms with E-state index in [-0.39, 0.29) is 6.42 Å². The van der Waals surface area contributed by atoms with Crippen LogP contribution in [0.15, 0.2) is 0 Å². The fraction of sp³-hybridized carbons (Fsp3) is 0.964. The van der Waals surface area contributed by atoms with Crippen LogP contribution in [0.1, 0.15) is 142 Å². The summed E-state index contributed by atoms with van der Waals surface area (Å²) in [5, 5.41) is 57.7. The molecule has 7 heteroatoms. The predicted octanol–water partition coefficient (Wildman–Crippen LogP) is 5.09. The summed E-state index contributed by atoms with van der Waals surface area (Å²) in [6.45, 7) is 1.42. The molecule has 0 saturated heterocycles. The van der Waals surface area contributed by atoms with Gasteiger partial charge in [-0.3, -0.25) is 0 Å². The molecule has 0 spiro atoms. The van der Waals surface area contributed by atoms with Gasteiger partial charge in [0, 0.05) is 0 Å². The first kappa shape index (κ1) is 34.3. The third kappa shape index (κ3) is 16.6. The lowest BCUT2D eigenvalue weighted by Crippen LogP contribution is -2.58. The molecule has 0 aromatic heterocycles. The van der Waals surface area contributed by atoms with Crippen LogP contribution in [0.25, 0.3) is 0 Å². The van der Waals surface area contributed by atoms with Gasteiger partial charge in [-0.2, -0.15) is 0 Å². The number of carboxylic acid groups (broad SMARTS) is 1. The smallest absolute Gasteiger partial charge is 0.338 e. The van der Waals surface area contributed by atoms with Crippen LogP contribution in [-0.4, -0.2) is 67.1 Å². The topological polar surface area (TPSA) is 138 Å². The summed E-state index contributed by atoms with van der Waals surface area (Å²) in [5.41, 5.74) is -2.55. The van der Waals surface area contributed by atoms with E-state index in [0.29, 0.717) is 6.42 Å². The van der Waals surface area contributed by atoms with Gasteiger partial charge in [-0.05, 0) is 12.8 Å². The second kappa shape index (κ2) is 22.5. The van der Waals surface area contributed by atoms with Gasteiger partial charge in [0.05, 0.1) is 6.61 Å². The van der Waals surface area contributed by atoms with E-state index in [1.54, 1.807) is 0 Å². The van der Waals surface area contributed by atoms with Crippen LogP contribution in [0.2, 0.25) is 0 Å². The van der Waals surface area contributed by atoms with Crippen molar-refractivity contribution in [3.05, 3.63) is 0 Å². The average Bonchev–Trinajstić information content (AvgIpc) is 2.85. The highest BCUT2D eigenvalue weighted by Gasteiger charge is 2.48. The van der Waals surface area contributed by atoms with E-state index in [1.165, 1.54) is 96.3 Å². The summed E-state index contributed by atoms with van der Waals surface area (Å²) in [6, 6.07) is 0. The molecular weight excluding hydrogens is 448 g/mol. The van der Waals surface area contributed by atoms with E-state index in [0.717, 1.165) is 25.7 Å². The fourth-order valence-electron chi connectivity index (χ4n) is 4.63. The molecule has 6 N–H and O–H groups in total. The number of rotatable bonds is 26. The molecular formula is C28H56O7. The number of aliphatic carboxylic acids is 1. The zero-order valence-electron chi connectivity index (χ0n) is 22.4. The van der Waals surface area contributed by atoms with Gasteiger partial charge in [-0.15, -0.1) is 0 Å². The molecule has 0 aromatic carbocycles. The van der Waals surface area contributed by atoms with Gasteiger partial charge < -0.3 is 30.6 Å². The van der Waals surface area contributed by atoms with Gasteiger partial charge in [0.25, 0.3) is 0 Å². The minimum Gasteiger partial charge on any atom is -0.479 e. The molecule has 0 aliphatic rings. The molecule has 4 atom stereocenters. The quantitative estimate of drug-likeness (QED) is 0.0902. The molecule has 0 aliphatic carbocycles. The highest BCUT2D eigenvalue weighted by Crippen LogP contribution is 2.24. The minimum atomic E-state index is -2.55. The zero-order valence-corrected chi connectivity index (χ0v) is 22.4. The van der Waals surface area contributed by atoms with Crippen molar-refractivity contribution < 1.29 is 35.4 Å². The predicted molar refractivity (Wildman–Crippen MR) is 140 cm³/mol. The van der Waals surface area contributed by atoms with Crippen molar-refractivity contribution in [3.63, 3.8) is 0 Å². The Morgan fingerprint density at radius 1 is 0.629 bits per heavy atom. The first-order valence-electron chi connectivity index (χ1n) is 14.4. The van der Waals surface area contributed by atoms with Crippen molar-refractivity contribution in [3.8, 4) is 0 Å². The molecule has 0 saturated carbocycles. The third-order valence-corrected chi connectivity index (χ3v) is 7.18. The van der Waals surface area contributed by atoms with Crippen molar-refractivity contribution in [2.75, 3.05) is 6.61 Å². The molecule has 0 aromatic rings. The molecule has 0 fully saturated rings. The number of aliphatic hydroxyl groups is 5. The number of carbonyl (C=O) groups is 1. The van der Waals surface area contributed by atoms with Gasteiger partial charge >= 0.3 is 5.97 Å². The number of unbranched alkanes of at least 4 members (excludes halogenated alkanes) is 19. The van der Waals surface area contributed by atoms with Crippen LogP contribution in [-0.2, 0) is 4.79 Å². The Hall–Kier alpha value is -0.730. The highest BCUT2D eigenvalue weighted by atomic mass is 16.4. The van der Waals surface area contributed by atoms with E-state index < -0.39 is 36.5 Å². The zero-order chi connectivity index (χ0) is 26.4. The minimum absolute atomic E-state index is 0.225. The molecule has 0 aliphatic heterocycles. The summed E-state index contributed by atoms with van der Waals surface area (Å²) in [7, 11) is 0. The summed E-state index contributed by atoms with van der Waals surface area (Å²) in [4.78, 5) is 11.4. The summed E-state index contributed by atoms with van der Waals surface area (Å²) in [5.74, 6) is -1.65. The summed E-state index contributed by atoms with van der Waals surface area (Å²) in [6.07, 6.45) is 18.6. The Morgan fingerprint density at radius 2 is 0.943 bits per heavy atom. The standard InChI is InChI=1S/C28H56O7/c1-2-3-4-5-6-7-8-9-10-11-12-13-14-15-16-17-18-19-20-21-22-28(35,27(33)34)26(32)25(31)24(30)23-29/h24-26,29-32,35H,2-23H2,1H3,(H,33,34)/t24-,25-,26+,28-/m1/s1. The maximum Gasteiger partial charge on any atom is 0.338 e. The maximum absolute atomic E-state index is 11.4. The highest BCUT2D eigenvalue weighted by molar-refractivity contribution is 5.78. The van der Waals surface area contributed by atoms with Crippen LogP contribution in [0.5, 0.6) is 0 Å². The molecule has 0 amide bonds. The lowest BCUT2D eigenvalue weighted by atomic mass is 9.85. The van der Waals surface area contributed by atoms with E-state index in [2.05, 4.69) is 6.92 Å². The Balaban J connectivity index is 3.61. The summed E-state index contributed by atoms with van der Waals surface area (Å²) < 4.78 is 0. The molecule has 35 heavy (non-hydrogen) atoms. The van der Waals surface area contributed by atoms with E-state index in [4.69, 9.17) is 5.11 Å². The normalized spacial score (nSPS) is 16.1. The Bertz CT molecular complexity index is 488. The monoisotopic (exact) mass is 504 g/mol. The summed E-state index contributed by atoms with van der Waals surface area (Å²) >= 11 is 0. The molecule has 0 radical (unpaired) electrons. The largest absolute Gasteiger partial charge is 0.479 e. The second-order valence-corrected chi connectivity index (χ2v) is 10.4. The lowest BCUT2D eigenvalue weighted by Gasteiger charge is -2.33. The van der Waals surface area contributed by atoms with Crippen LogP contribution >= 0.6 is 0 Å². The lowest BCUT2D eigenvalue weighted by molar-refractivity contribution is -0.192. The Kier molecular flexibility index (Phi) is 22.0. The molecule has 0 bridgehead atoms. The number of carboxylic acids is 1. The van der Waals surface area contributed by atoms with Crippen molar-refractivity contribution in [1.82, 2.24) is 0 Å². The third-order valence-electron chi connectivity index (χ3n) is 7.18. The molecule has 210 valence electrons. The van der Waals surface area contributed by atoms with Crippen molar-refractivity contribution >= 4 is 5.97 Å². The molecule has 0 unspecified atom stereocenters. The van der Waals surface area contributed by atoms with Gasteiger partial charge in [0.15, 0.2) is 5.60 Å². The van der Waals surface area contributed by atoms with Crippen LogP contribution < -0.4 is 0 Å². The Morgan fingerprint density at radius 3 is 1.23 bits per heavy atom. The molecule has 0 heterocycles. The van der Waals surface area contributed by atoms with Gasteiger partial charge in [-0.25, -0.2) is 4.79 Å². The first-order chi connectivity index (χ1) is 16.8. The van der Waals surface area contributed by atoms with Gasteiger partial charge in [0.2, 0.25) is 0 Å². The average molecular weight is 505 g/mol. The van der Waals surface area contributed by atoms with Gasteiger partial charge in [-0.1, -0.05) is 129 Å². The van der Waals surface area contributed by atoms with Crippen LogP contribution in [0, 0.1) is 0 Å². The van der Waals surface area contributed by atoms with Gasteiger partial charge in [0.1, 0.15) is 18.3 Å². The van der Waals surface area contributed by atoms with E-state index >= 15 is 0 Å². The second-order valence-electron chi connectivity index (χ2n) is 10.4. The fourth-order valence-corrected chi connectivity index (χ4v) is 4.63. The van der Waals surface area contributed by atoms with Crippen molar-refractivity contribution in [1.29, 1.82) is 0 Å². The first-order valence-corrected chi connectivity index (χ1v) is 14.4. The SMILES string of the molecule is CCCCCCCCCCCCCCCCCCCCCC[C@](O)(C(=O)O)[C@@H](O)[C@H](O)[C@H](O)CO. The number of aliphatic hydroxyl groups excluding tert-OH is 4. The van der Waals surface area contributed by atoms with E-state index in [9.17, 15) is 30.3 Å². The maximum atomic E-state index is 11.4. The number of hydrogen-bond donors (Lipinski definition) is 6. The van der Waals surface area contributed by atoms with Crippen molar-refractivity contribution in [2.24, 2.45) is 0 Å². The Labute approximate surface area is 214 Å². The molecule has 7 nitrogen and oxygen atoms in total. The number of hydrogen-bond acceptors (Lipinski definition) is 6. The van der Waals surface area contributed by atoms with Crippen molar-refractivity contribution in [2.45, 2.75) is 166 Å².